The number of benzene rings is 2. The van der Waals surface area contributed by atoms with Crippen LogP contribution in [0.25, 0.3) is 0 Å². The van der Waals surface area contributed by atoms with E-state index in [2.05, 4.69) is 26.8 Å². The molecular formula is C26H33ClN2O3. The van der Waals surface area contributed by atoms with Gasteiger partial charge >= 0.3 is 0 Å². The maximum absolute atomic E-state index is 13.1. The summed E-state index contributed by atoms with van der Waals surface area (Å²) < 4.78 is 6.11. The number of hydrogen-bond donors (Lipinski definition) is 1. The van der Waals surface area contributed by atoms with Crippen LogP contribution in [0.15, 0.2) is 30.3 Å². The number of fused-ring (bicyclic) bond motifs is 1. The predicted octanol–water partition coefficient (Wildman–Crippen LogP) is 5.33. The van der Waals surface area contributed by atoms with E-state index in [-0.39, 0.29) is 17.4 Å². The number of nitrogens with two attached hydrogens (primary N) is 1. The van der Waals surface area contributed by atoms with Crippen molar-refractivity contribution in [3.8, 4) is 5.75 Å². The summed E-state index contributed by atoms with van der Waals surface area (Å²) in [6, 6.07) is 9.39. The molecular weight excluding hydrogens is 424 g/mol. The molecule has 0 bridgehead atoms. The first kappa shape index (κ1) is 24.3. The molecule has 0 aliphatic carbocycles. The van der Waals surface area contributed by atoms with Crippen LogP contribution in [0, 0.1) is 6.92 Å². The van der Waals surface area contributed by atoms with E-state index in [0.717, 1.165) is 35.1 Å². The molecule has 0 fully saturated rings. The molecule has 1 amide bonds. The Balaban J connectivity index is 1.93. The van der Waals surface area contributed by atoms with Gasteiger partial charge in [0.1, 0.15) is 5.75 Å². The average molecular weight is 457 g/mol. The van der Waals surface area contributed by atoms with E-state index in [1.165, 1.54) is 5.01 Å². The second-order valence-electron chi connectivity index (χ2n) is 9.09. The Kier molecular flexibility index (Phi) is 7.31. The number of ether oxygens (including phenoxy) is 1. The standard InChI is InChI=1S/C26H33ClN2O3/c1-6-9-22-26(4,5)23-17(14-16(3)15-20(23)25(31)29(22)28)12-13-32-21-11-8-10-19(24(27)30)18(21)7-2/h8,10-11,14-15,22H,6-7,9,12-13,28H2,1-5H3/t22-/m0/s1. The van der Waals surface area contributed by atoms with Crippen molar-refractivity contribution in [1.29, 1.82) is 0 Å². The molecule has 0 saturated heterocycles. The highest BCUT2D eigenvalue weighted by molar-refractivity contribution is 6.68. The van der Waals surface area contributed by atoms with Gasteiger partial charge in [-0.15, -0.1) is 0 Å². The molecule has 0 aromatic heterocycles. The third-order valence-electron chi connectivity index (χ3n) is 6.53. The molecule has 0 radical (unpaired) electrons. The Morgan fingerprint density at radius 1 is 1.25 bits per heavy atom. The quantitative estimate of drug-likeness (QED) is 0.331. The fraction of sp³-hybridized carbons (Fsp3) is 0.462. The number of nitrogens with zero attached hydrogens (tertiary/aromatic N) is 1. The third kappa shape index (κ3) is 4.41. The predicted molar refractivity (Wildman–Crippen MR) is 128 cm³/mol. The zero-order valence-corrected chi connectivity index (χ0v) is 20.4. The van der Waals surface area contributed by atoms with Crippen LogP contribution in [0.4, 0.5) is 0 Å². The van der Waals surface area contributed by atoms with Crippen LogP contribution in [-0.4, -0.2) is 28.8 Å². The van der Waals surface area contributed by atoms with Gasteiger partial charge in [-0.3, -0.25) is 14.6 Å². The van der Waals surface area contributed by atoms with Crippen molar-refractivity contribution in [3.05, 3.63) is 63.7 Å². The molecule has 1 atom stereocenters. The van der Waals surface area contributed by atoms with Crippen molar-refractivity contribution in [2.45, 2.75) is 71.8 Å². The Morgan fingerprint density at radius 3 is 2.59 bits per heavy atom. The molecule has 0 spiro atoms. The van der Waals surface area contributed by atoms with E-state index < -0.39 is 5.24 Å². The fourth-order valence-electron chi connectivity index (χ4n) is 5.08. The maximum atomic E-state index is 13.1. The highest BCUT2D eigenvalue weighted by Gasteiger charge is 2.44. The van der Waals surface area contributed by atoms with E-state index in [0.29, 0.717) is 36.3 Å². The highest BCUT2D eigenvalue weighted by Crippen LogP contribution is 2.41. The Bertz CT molecular complexity index is 1030. The largest absolute Gasteiger partial charge is 0.493 e. The van der Waals surface area contributed by atoms with Gasteiger partial charge < -0.3 is 4.74 Å². The molecule has 1 heterocycles. The smallest absolute Gasteiger partial charge is 0.268 e. The van der Waals surface area contributed by atoms with E-state index in [4.69, 9.17) is 22.2 Å². The number of halogens is 1. The lowest BCUT2D eigenvalue weighted by atomic mass is 9.68. The zero-order chi connectivity index (χ0) is 23.6. The monoisotopic (exact) mass is 456 g/mol. The van der Waals surface area contributed by atoms with Gasteiger partial charge in [-0.25, -0.2) is 5.84 Å². The van der Waals surface area contributed by atoms with Crippen LogP contribution >= 0.6 is 11.6 Å². The second kappa shape index (κ2) is 9.63. The van der Waals surface area contributed by atoms with Crippen molar-refractivity contribution >= 4 is 22.8 Å². The topological polar surface area (TPSA) is 72.6 Å². The summed E-state index contributed by atoms with van der Waals surface area (Å²) in [4.78, 5) is 24.8. The minimum absolute atomic E-state index is 0.0621. The molecule has 3 rings (SSSR count). The van der Waals surface area contributed by atoms with E-state index in [9.17, 15) is 9.59 Å². The molecule has 6 heteroatoms. The first-order valence-corrected chi connectivity index (χ1v) is 11.7. The van der Waals surface area contributed by atoms with Crippen LogP contribution in [0.3, 0.4) is 0 Å². The highest BCUT2D eigenvalue weighted by atomic mass is 35.5. The lowest BCUT2D eigenvalue weighted by Crippen LogP contribution is -2.58. The third-order valence-corrected chi connectivity index (χ3v) is 6.74. The Hall–Kier alpha value is -2.37. The fourth-order valence-corrected chi connectivity index (χ4v) is 5.25. The van der Waals surface area contributed by atoms with Gasteiger partial charge in [0.15, 0.2) is 0 Å². The molecule has 32 heavy (non-hydrogen) atoms. The van der Waals surface area contributed by atoms with Crippen LogP contribution in [0.1, 0.15) is 83.5 Å². The Morgan fingerprint density at radius 2 is 1.97 bits per heavy atom. The number of carbonyl (C=O) groups excluding carboxylic acids is 2. The molecule has 172 valence electrons. The molecule has 2 aromatic rings. The van der Waals surface area contributed by atoms with Gasteiger partial charge in [0.05, 0.1) is 12.6 Å². The van der Waals surface area contributed by atoms with Crippen molar-refractivity contribution < 1.29 is 14.3 Å². The van der Waals surface area contributed by atoms with Gasteiger partial charge in [-0.05, 0) is 60.7 Å². The Labute approximate surface area is 195 Å². The number of aryl methyl sites for hydroxylation is 1. The zero-order valence-electron chi connectivity index (χ0n) is 19.6. The minimum atomic E-state index is -0.478. The second-order valence-corrected chi connectivity index (χ2v) is 9.44. The molecule has 1 aliphatic heterocycles. The molecule has 2 aromatic carbocycles. The van der Waals surface area contributed by atoms with Gasteiger partial charge in [0.25, 0.3) is 11.1 Å². The van der Waals surface area contributed by atoms with Gasteiger partial charge in [-0.2, -0.15) is 0 Å². The normalized spacial score (nSPS) is 17.3. The van der Waals surface area contributed by atoms with Crippen molar-refractivity contribution in [3.63, 3.8) is 0 Å². The van der Waals surface area contributed by atoms with Crippen molar-refractivity contribution in [2.24, 2.45) is 5.84 Å². The van der Waals surface area contributed by atoms with Crippen molar-refractivity contribution in [2.75, 3.05) is 6.61 Å². The molecule has 2 N–H and O–H groups in total. The summed E-state index contributed by atoms with van der Waals surface area (Å²) in [5.41, 5.74) is 4.90. The lowest BCUT2D eigenvalue weighted by molar-refractivity contribution is 0.0513. The minimum Gasteiger partial charge on any atom is -0.493 e. The van der Waals surface area contributed by atoms with Crippen LogP contribution < -0.4 is 10.6 Å². The first-order valence-electron chi connectivity index (χ1n) is 11.3. The summed E-state index contributed by atoms with van der Waals surface area (Å²) in [7, 11) is 0. The number of amides is 1. The summed E-state index contributed by atoms with van der Waals surface area (Å²) in [5.74, 6) is 6.82. The number of hydrogen-bond acceptors (Lipinski definition) is 4. The van der Waals surface area contributed by atoms with Gasteiger partial charge in [0.2, 0.25) is 0 Å². The molecule has 0 unspecified atom stereocenters. The summed E-state index contributed by atoms with van der Waals surface area (Å²) >= 11 is 5.74. The summed E-state index contributed by atoms with van der Waals surface area (Å²) in [6.45, 7) is 10.8. The number of hydrazine groups is 1. The SMILES string of the molecule is CCC[C@@H]1N(N)C(=O)c2cc(C)cc(CCOc3cccc(C(=O)Cl)c3CC)c2C1(C)C. The van der Waals surface area contributed by atoms with Crippen LogP contribution in [-0.2, 0) is 18.3 Å². The number of carbonyl (C=O) groups is 2. The number of rotatable bonds is 8. The van der Waals surface area contributed by atoms with Crippen LogP contribution in [0.5, 0.6) is 5.75 Å². The van der Waals surface area contributed by atoms with Gasteiger partial charge in [-0.1, -0.05) is 51.8 Å². The molecule has 0 saturated carbocycles. The van der Waals surface area contributed by atoms with Crippen molar-refractivity contribution in [1.82, 2.24) is 5.01 Å². The van der Waals surface area contributed by atoms with E-state index in [1.54, 1.807) is 12.1 Å². The van der Waals surface area contributed by atoms with Crippen LogP contribution in [0.2, 0.25) is 0 Å². The van der Waals surface area contributed by atoms with Gasteiger partial charge in [0, 0.05) is 28.5 Å². The maximum Gasteiger partial charge on any atom is 0.268 e. The van der Waals surface area contributed by atoms with E-state index >= 15 is 0 Å². The summed E-state index contributed by atoms with van der Waals surface area (Å²) in [6.07, 6.45) is 3.09. The summed E-state index contributed by atoms with van der Waals surface area (Å²) in [5, 5.41) is 0.946. The first-order chi connectivity index (χ1) is 15.1. The van der Waals surface area contributed by atoms with E-state index in [1.807, 2.05) is 26.0 Å². The molecule has 5 nitrogen and oxygen atoms in total. The molecule has 1 aliphatic rings. The average Bonchev–Trinajstić information content (AvgIpc) is 2.74. The lowest BCUT2D eigenvalue weighted by Gasteiger charge is -2.46.